The second-order valence-corrected chi connectivity index (χ2v) is 7.16. The molecule has 1 fully saturated rings. The molecule has 29 heavy (non-hydrogen) atoms. The monoisotopic (exact) mass is 420 g/mol. The van der Waals surface area contributed by atoms with E-state index in [-0.39, 0.29) is 18.5 Å². The summed E-state index contributed by atoms with van der Waals surface area (Å²) in [5, 5.41) is 10.3. The number of fused-ring (bicyclic) bond motifs is 1. The number of para-hydroxylation sites is 2. The van der Waals surface area contributed by atoms with Crippen LogP contribution in [0.25, 0.3) is 0 Å². The fraction of sp³-hybridized carbons (Fsp3) is 0.476. The zero-order chi connectivity index (χ0) is 19.2. The molecule has 158 valence electrons. The van der Waals surface area contributed by atoms with Gasteiger partial charge in [0.05, 0.1) is 19.3 Å². The standard InChI is InChI=1S/C21H27N3O4.ClH/c25-17(13-23-9-11-24(12-10-23)21-7-3-4-8-22-21)14-26-15-18-16-27-19-5-1-2-6-20(19)28-18;/h1-8,17-18,25H,9-16H2;1H/p-1. The lowest BCUT2D eigenvalue weighted by Gasteiger charge is -2.36. The number of ether oxygens (including phenoxy) is 3. The van der Waals surface area contributed by atoms with Crippen LogP contribution in [-0.4, -0.2) is 79.7 Å². The van der Waals surface area contributed by atoms with Gasteiger partial charge < -0.3 is 36.6 Å². The average molecular weight is 421 g/mol. The van der Waals surface area contributed by atoms with Crippen molar-refractivity contribution in [2.75, 3.05) is 57.4 Å². The van der Waals surface area contributed by atoms with Gasteiger partial charge in [-0.05, 0) is 24.3 Å². The summed E-state index contributed by atoms with van der Waals surface area (Å²) in [6, 6.07) is 13.6. The number of aliphatic hydroxyl groups excluding tert-OH is 1. The molecule has 2 aliphatic heterocycles. The highest BCUT2D eigenvalue weighted by Gasteiger charge is 2.22. The van der Waals surface area contributed by atoms with Gasteiger partial charge in [-0.25, -0.2) is 4.98 Å². The van der Waals surface area contributed by atoms with Gasteiger partial charge in [0.1, 0.15) is 12.4 Å². The summed E-state index contributed by atoms with van der Waals surface area (Å²) in [6.45, 7) is 5.41. The Balaban J connectivity index is 0.00000240. The summed E-state index contributed by atoms with van der Waals surface area (Å²) in [4.78, 5) is 8.95. The topological polar surface area (TPSA) is 67.3 Å². The van der Waals surface area contributed by atoms with E-state index in [2.05, 4.69) is 14.8 Å². The fourth-order valence-electron chi connectivity index (χ4n) is 3.53. The molecule has 2 aromatic rings. The molecule has 0 saturated carbocycles. The van der Waals surface area contributed by atoms with Crippen LogP contribution < -0.4 is 26.8 Å². The number of anilines is 1. The Hall–Kier alpha value is -2.06. The molecule has 0 amide bonds. The van der Waals surface area contributed by atoms with E-state index < -0.39 is 6.10 Å². The van der Waals surface area contributed by atoms with Crippen LogP contribution in [0.5, 0.6) is 11.5 Å². The molecule has 7 nitrogen and oxygen atoms in total. The number of halogens is 1. The van der Waals surface area contributed by atoms with E-state index >= 15 is 0 Å². The first kappa shape index (κ1) is 21.6. The molecule has 2 atom stereocenters. The van der Waals surface area contributed by atoms with E-state index in [0.29, 0.717) is 26.4 Å². The largest absolute Gasteiger partial charge is 1.00 e. The average Bonchev–Trinajstić information content (AvgIpc) is 2.75. The molecule has 8 heteroatoms. The minimum atomic E-state index is -0.516. The van der Waals surface area contributed by atoms with Crippen molar-refractivity contribution >= 4 is 5.82 Å². The number of β-amino-alcohol motifs (C(OH)–C–C–N with tert-alkyl or cyclic N) is 1. The lowest BCUT2D eigenvalue weighted by molar-refractivity contribution is -0.0292. The first-order valence-corrected chi connectivity index (χ1v) is 9.80. The molecule has 0 radical (unpaired) electrons. The lowest BCUT2D eigenvalue weighted by atomic mass is 10.2. The van der Waals surface area contributed by atoms with Gasteiger partial charge in [-0.15, -0.1) is 0 Å². The van der Waals surface area contributed by atoms with Gasteiger partial charge in [-0.3, -0.25) is 4.90 Å². The zero-order valence-electron chi connectivity index (χ0n) is 16.3. The first-order valence-electron chi connectivity index (χ1n) is 9.80. The predicted octanol–water partition coefficient (Wildman–Crippen LogP) is -1.57. The van der Waals surface area contributed by atoms with Crippen LogP contribution in [0.1, 0.15) is 0 Å². The molecule has 1 N–H and O–H groups in total. The number of benzene rings is 1. The molecule has 0 spiro atoms. The highest BCUT2D eigenvalue weighted by molar-refractivity contribution is 5.40. The predicted molar refractivity (Wildman–Crippen MR) is 106 cm³/mol. The third-order valence-corrected chi connectivity index (χ3v) is 5.00. The Morgan fingerprint density at radius 3 is 2.59 bits per heavy atom. The van der Waals surface area contributed by atoms with Gasteiger partial charge >= 0.3 is 0 Å². The molecular weight excluding hydrogens is 394 g/mol. The number of hydrogen-bond donors (Lipinski definition) is 1. The number of piperazine rings is 1. The van der Waals surface area contributed by atoms with Crippen molar-refractivity contribution in [2.45, 2.75) is 12.2 Å². The molecule has 0 aliphatic carbocycles. The SMILES string of the molecule is OC(COCC1COc2ccccc2O1)CN1CCN(c2ccccn2)CC1.[Cl-]. The zero-order valence-corrected chi connectivity index (χ0v) is 17.1. The summed E-state index contributed by atoms with van der Waals surface area (Å²) in [5.41, 5.74) is 0. The van der Waals surface area contributed by atoms with Crippen molar-refractivity contribution in [1.29, 1.82) is 0 Å². The normalized spacial score (nSPS) is 20.0. The number of rotatable bonds is 7. The van der Waals surface area contributed by atoms with E-state index in [1.54, 1.807) is 0 Å². The van der Waals surface area contributed by atoms with Gasteiger partial charge in [0, 0.05) is 38.9 Å². The molecule has 3 heterocycles. The maximum absolute atomic E-state index is 10.3. The smallest absolute Gasteiger partial charge is 0.161 e. The van der Waals surface area contributed by atoms with Crippen LogP contribution in [0.15, 0.2) is 48.7 Å². The van der Waals surface area contributed by atoms with Gasteiger partial charge in [0.15, 0.2) is 17.6 Å². The van der Waals surface area contributed by atoms with Crippen LogP contribution >= 0.6 is 0 Å². The van der Waals surface area contributed by atoms with E-state index in [0.717, 1.165) is 43.5 Å². The molecule has 2 unspecified atom stereocenters. The molecular formula is C21H27ClN3O4-. The van der Waals surface area contributed by atoms with Gasteiger partial charge in [0.25, 0.3) is 0 Å². The van der Waals surface area contributed by atoms with Crippen molar-refractivity contribution in [2.24, 2.45) is 0 Å². The van der Waals surface area contributed by atoms with Gasteiger partial charge in [-0.1, -0.05) is 18.2 Å². The van der Waals surface area contributed by atoms with E-state index in [4.69, 9.17) is 14.2 Å². The number of aliphatic hydroxyl groups is 1. The maximum Gasteiger partial charge on any atom is 0.161 e. The van der Waals surface area contributed by atoms with Crippen LogP contribution in [0, 0.1) is 0 Å². The Morgan fingerprint density at radius 1 is 1.07 bits per heavy atom. The van der Waals surface area contributed by atoms with Crippen LogP contribution in [0.4, 0.5) is 5.82 Å². The Kier molecular flexibility index (Phi) is 7.94. The van der Waals surface area contributed by atoms with Crippen LogP contribution in [0.2, 0.25) is 0 Å². The van der Waals surface area contributed by atoms with Crippen LogP contribution in [0.3, 0.4) is 0 Å². The molecule has 1 aromatic heterocycles. The second-order valence-electron chi connectivity index (χ2n) is 7.16. The molecule has 4 rings (SSSR count). The molecule has 0 bridgehead atoms. The number of nitrogens with zero attached hydrogens (tertiary/aromatic N) is 3. The summed E-state index contributed by atoms with van der Waals surface area (Å²) < 4.78 is 17.2. The number of hydrogen-bond acceptors (Lipinski definition) is 7. The fourth-order valence-corrected chi connectivity index (χ4v) is 3.53. The van der Waals surface area contributed by atoms with Gasteiger partial charge in [-0.2, -0.15) is 0 Å². The summed E-state index contributed by atoms with van der Waals surface area (Å²) >= 11 is 0. The minimum absolute atomic E-state index is 0. The summed E-state index contributed by atoms with van der Waals surface area (Å²) in [7, 11) is 0. The third-order valence-electron chi connectivity index (χ3n) is 5.00. The van der Waals surface area contributed by atoms with Crippen molar-refractivity contribution < 1.29 is 31.7 Å². The van der Waals surface area contributed by atoms with Crippen molar-refractivity contribution in [3.8, 4) is 11.5 Å². The van der Waals surface area contributed by atoms with Crippen molar-refractivity contribution in [3.05, 3.63) is 48.7 Å². The van der Waals surface area contributed by atoms with Crippen LogP contribution in [-0.2, 0) is 4.74 Å². The molecule has 2 aliphatic rings. The molecule has 1 aromatic carbocycles. The maximum atomic E-state index is 10.3. The minimum Gasteiger partial charge on any atom is -1.00 e. The van der Waals surface area contributed by atoms with E-state index in [1.807, 2.05) is 48.7 Å². The van der Waals surface area contributed by atoms with Gasteiger partial charge in [0.2, 0.25) is 0 Å². The number of aromatic nitrogens is 1. The Morgan fingerprint density at radius 2 is 1.83 bits per heavy atom. The highest BCUT2D eigenvalue weighted by atomic mass is 35.5. The summed E-state index contributed by atoms with van der Waals surface area (Å²) in [6.07, 6.45) is 1.16. The third kappa shape index (κ3) is 5.96. The van der Waals surface area contributed by atoms with E-state index in [9.17, 15) is 5.11 Å². The first-order chi connectivity index (χ1) is 13.8. The Labute approximate surface area is 177 Å². The highest BCUT2D eigenvalue weighted by Crippen LogP contribution is 2.30. The number of pyridine rings is 1. The van der Waals surface area contributed by atoms with Crippen molar-refractivity contribution in [3.63, 3.8) is 0 Å². The second kappa shape index (κ2) is 10.6. The lowest BCUT2D eigenvalue weighted by Crippen LogP contribution is -3.00. The van der Waals surface area contributed by atoms with Crippen molar-refractivity contribution in [1.82, 2.24) is 9.88 Å². The van der Waals surface area contributed by atoms with E-state index in [1.165, 1.54) is 0 Å². The molecule has 1 saturated heterocycles. The Bertz CT molecular complexity index is 744. The summed E-state index contributed by atoms with van der Waals surface area (Å²) in [5.74, 6) is 2.53. The quantitative estimate of drug-likeness (QED) is 0.580.